The molecule has 6 heteroatoms. The predicted octanol–water partition coefficient (Wildman–Crippen LogP) is 1.96. The van der Waals surface area contributed by atoms with Crippen molar-refractivity contribution in [2.75, 3.05) is 20.2 Å². The Morgan fingerprint density at radius 2 is 2.17 bits per heavy atom. The van der Waals surface area contributed by atoms with Gasteiger partial charge in [0.2, 0.25) is 5.43 Å². The van der Waals surface area contributed by atoms with E-state index >= 15 is 0 Å². The lowest BCUT2D eigenvalue weighted by Gasteiger charge is -2.31. The lowest BCUT2D eigenvalue weighted by Crippen LogP contribution is -2.36. The fourth-order valence-electron chi connectivity index (χ4n) is 2.91. The minimum atomic E-state index is -0.0835. The third kappa shape index (κ3) is 4.43. The fourth-order valence-corrected chi connectivity index (χ4v) is 2.91. The van der Waals surface area contributed by atoms with Crippen LogP contribution in [0.4, 0.5) is 0 Å². The van der Waals surface area contributed by atoms with Gasteiger partial charge >= 0.3 is 0 Å². The molecule has 6 nitrogen and oxygen atoms in total. The van der Waals surface area contributed by atoms with Gasteiger partial charge in [0.05, 0.1) is 25.5 Å². The summed E-state index contributed by atoms with van der Waals surface area (Å²) in [5, 5.41) is 0. The molecule has 1 aliphatic heterocycles. The van der Waals surface area contributed by atoms with Gasteiger partial charge in [0.15, 0.2) is 5.75 Å². The average molecular weight is 329 g/mol. The Hall–Kier alpha value is -2.18. The van der Waals surface area contributed by atoms with E-state index in [2.05, 4.69) is 14.9 Å². The highest BCUT2D eigenvalue weighted by Gasteiger charge is 2.20. The Balaban J connectivity index is 1.45. The third-order valence-electron chi connectivity index (χ3n) is 4.28. The van der Waals surface area contributed by atoms with Crippen LogP contribution in [0.2, 0.25) is 0 Å². The third-order valence-corrected chi connectivity index (χ3v) is 4.28. The molecule has 1 N–H and O–H groups in total. The van der Waals surface area contributed by atoms with E-state index in [-0.39, 0.29) is 11.5 Å². The fraction of sp³-hybridized carbons (Fsp3) is 0.444. The van der Waals surface area contributed by atoms with Crippen molar-refractivity contribution in [2.45, 2.75) is 32.1 Å². The van der Waals surface area contributed by atoms with E-state index in [1.807, 2.05) is 18.2 Å². The van der Waals surface area contributed by atoms with Crippen LogP contribution in [-0.4, -0.2) is 41.2 Å². The standard InChI is InChI=1S/C18H23N3O3/c1-23-18-11-20-15(10-17(18)22)12-21-8-5-16(6-9-21)24-13-14-4-2-3-7-19-14/h2-4,7,10-11,16H,5-6,8-9,12-13H2,1H3,(H,20,22). The van der Waals surface area contributed by atoms with Crippen molar-refractivity contribution in [3.8, 4) is 5.75 Å². The molecule has 2 aromatic heterocycles. The van der Waals surface area contributed by atoms with E-state index in [1.165, 1.54) is 7.11 Å². The molecule has 0 aliphatic carbocycles. The Morgan fingerprint density at radius 1 is 1.33 bits per heavy atom. The summed E-state index contributed by atoms with van der Waals surface area (Å²) >= 11 is 0. The zero-order valence-corrected chi connectivity index (χ0v) is 13.9. The molecule has 2 aromatic rings. The van der Waals surface area contributed by atoms with Gasteiger partial charge < -0.3 is 14.5 Å². The smallest absolute Gasteiger partial charge is 0.223 e. The van der Waals surface area contributed by atoms with E-state index in [9.17, 15) is 4.79 Å². The maximum absolute atomic E-state index is 11.8. The molecule has 1 fully saturated rings. The van der Waals surface area contributed by atoms with E-state index < -0.39 is 0 Å². The molecular weight excluding hydrogens is 306 g/mol. The number of nitrogens with zero attached hydrogens (tertiary/aromatic N) is 2. The van der Waals surface area contributed by atoms with Crippen LogP contribution in [0.3, 0.4) is 0 Å². The van der Waals surface area contributed by atoms with Gasteiger partial charge in [-0.05, 0) is 25.0 Å². The van der Waals surface area contributed by atoms with Crippen molar-refractivity contribution in [1.82, 2.24) is 14.9 Å². The topological polar surface area (TPSA) is 67.4 Å². The van der Waals surface area contributed by atoms with Crippen LogP contribution >= 0.6 is 0 Å². The summed E-state index contributed by atoms with van der Waals surface area (Å²) in [5.41, 5.74) is 1.80. The molecule has 1 aliphatic rings. The molecule has 128 valence electrons. The van der Waals surface area contributed by atoms with Gasteiger partial charge in [-0.2, -0.15) is 0 Å². The summed E-state index contributed by atoms with van der Waals surface area (Å²) in [6, 6.07) is 7.48. The number of hydrogen-bond acceptors (Lipinski definition) is 5. The van der Waals surface area contributed by atoms with E-state index in [0.717, 1.165) is 43.9 Å². The van der Waals surface area contributed by atoms with E-state index in [4.69, 9.17) is 9.47 Å². The molecule has 0 amide bonds. The first-order valence-corrected chi connectivity index (χ1v) is 8.24. The van der Waals surface area contributed by atoms with Crippen molar-refractivity contribution in [3.63, 3.8) is 0 Å². The lowest BCUT2D eigenvalue weighted by atomic mass is 10.1. The largest absolute Gasteiger partial charge is 0.491 e. The van der Waals surface area contributed by atoms with Gasteiger partial charge in [0.1, 0.15) is 0 Å². The summed E-state index contributed by atoms with van der Waals surface area (Å²) in [7, 11) is 1.50. The lowest BCUT2D eigenvalue weighted by molar-refractivity contribution is -0.00543. The highest BCUT2D eigenvalue weighted by Crippen LogP contribution is 2.17. The van der Waals surface area contributed by atoms with Gasteiger partial charge in [-0.15, -0.1) is 0 Å². The molecule has 0 unspecified atom stereocenters. The van der Waals surface area contributed by atoms with Crippen LogP contribution in [0, 0.1) is 0 Å². The molecule has 0 saturated carbocycles. The second-order valence-electron chi connectivity index (χ2n) is 6.00. The van der Waals surface area contributed by atoms with E-state index in [1.54, 1.807) is 18.5 Å². The molecule has 1 saturated heterocycles. The molecule has 3 rings (SSSR count). The maximum atomic E-state index is 11.8. The Labute approximate surface area is 141 Å². The average Bonchev–Trinajstić information content (AvgIpc) is 2.62. The summed E-state index contributed by atoms with van der Waals surface area (Å²) in [6.07, 6.45) is 5.68. The number of ether oxygens (including phenoxy) is 2. The SMILES string of the molecule is COc1c[nH]c(CN2CCC(OCc3ccccn3)CC2)cc1=O. The van der Waals surface area contributed by atoms with Gasteiger partial charge in [-0.1, -0.05) is 6.07 Å². The molecule has 3 heterocycles. The summed E-state index contributed by atoms with van der Waals surface area (Å²) in [5.74, 6) is 0.348. The molecule has 0 radical (unpaired) electrons. The quantitative estimate of drug-likeness (QED) is 0.877. The number of methoxy groups -OCH3 is 1. The first-order chi connectivity index (χ1) is 11.7. The van der Waals surface area contributed by atoms with Crippen LogP contribution in [0.25, 0.3) is 0 Å². The number of piperidine rings is 1. The number of H-pyrrole nitrogens is 1. The van der Waals surface area contributed by atoms with Crippen molar-refractivity contribution in [2.24, 2.45) is 0 Å². The first kappa shape index (κ1) is 16.7. The number of likely N-dealkylation sites (tertiary alicyclic amines) is 1. The highest BCUT2D eigenvalue weighted by molar-refractivity contribution is 5.20. The number of hydrogen-bond donors (Lipinski definition) is 1. The normalized spacial score (nSPS) is 16.2. The molecule has 0 atom stereocenters. The number of pyridine rings is 2. The van der Waals surface area contributed by atoms with Crippen LogP contribution in [0.5, 0.6) is 5.75 Å². The van der Waals surface area contributed by atoms with Gasteiger partial charge in [-0.25, -0.2) is 0 Å². The number of aromatic nitrogens is 2. The summed E-state index contributed by atoms with van der Waals surface area (Å²) < 4.78 is 10.9. The number of nitrogens with one attached hydrogen (secondary N) is 1. The van der Waals surface area contributed by atoms with E-state index in [0.29, 0.717) is 12.4 Å². The van der Waals surface area contributed by atoms with Crippen LogP contribution < -0.4 is 10.2 Å². The zero-order valence-electron chi connectivity index (χ0n) is 13.9. The van der Waals surface area contributed by atoms with Crippen molar-refractivity contribution in [1.29, 1.82) is 0 Å². The minimum absolute atomic E-state index is 0.0835. The second-order valence-corrected chi connectivity index (χ2v) is 6.00. The monoisotopic (exact) mass is 329 g/mol. The van der Waals surface area contributed by atoms with Crippen LogP contribution in [-0.2, 0) is 17.9 Å². The Kier molecular flexibility index (Phi) is 5.61. The predicted molar refractivity (Wildman–Crippen MR) is 90.9 cm³/mol. The highest BCUT2D eigenvalue weighted by atomic mass is 16.5. The van der Waals surface area contributed by atoms with Crippen LogP contribution in [0.1, 0.15) is 24.2 Å². The van der Waals surface area contributed by atoms with Crippen LogP contribution in [0.15, 0.2) is 41.5 Å². The molecule has 0 bridgehead atoms. The van der Waals surface area contributed by atoms with Gasteiger partial charge in [0.25, 0.3) is 0 Å². The minimum Gasteiger partial charge on any atom is -0.491 e. The molecule has 0 aromatic carbocycles. The second kappa shape index (κ2) is 8.08. The molecular formula is C18H23N3O3. The van der Waals surface area contributed by atoms with Gasteiger partial charge in [0, 0.05) is 43.8 Å². The summed E-state index contributed by atoms with van der Waals surface area (Å²) in [6.45, 7) is 3.23. The van der Waals surface area contributed by atoms with Gasteiger partial charge in [-0.3, -0.25) is 14.7 Å². The molecule has 0 spiro atoms. The van der Waals surface area contributed by atoms with Crippen molar-refractivity contribution < 1.29 is 9.47 Å². The number of rotatable bonds is 6. The molecule has 24 heavy (non-hydrogen) atoms. The zero-order chi connectivity index (χ0) is 16.8. The maximum Gasteiger partial charge on any atom is 0.223 e. The summed E-state index contributed by atoms with van der Waals surface area (Å²) in [4.78, 5) is 21.5. The number of aromatic amines is 1. The van der Waals surface area contributed by atoms with Crippen molar-refractivity contribution >= 4 is 0 Å². The Morgan fingerprint density at radius 3 is 2.83 bits per heavy atom. The van der Waals surface area contributed by atoms with Crippen molar-refractivity contribution in [3.05, 3.63) is 58.3 Å². The first-order valence-electron chi connectivity index (χ1n) is 8.24. The Bertz CT molecular complexity index is 694.